The van der Waals surface area contributed by atoms with Crippen LogP contribution in [0.25, 0.3) is 0 Å². The van der Waals surface area contributed by atoms with E-state index >= 15 is 0 Å². The largest absolute Gasteiger partial charge is 0.497 e. The molecule has 10 heteroatoms. The number of methoxy groups -OCH3 is 2. The maximum absolute atomic E-state index is 13.8. The summed E-state index contributed by atoms with van der Waals surface area (Å²) in [5, 5.41) is 9.40. The SMILES string of the molecule is COc1ccc(OC)c(NC(=O)CN2CC[C@H]3NC(=O)[C@@H](Cc4ccccc4)NC(=O)C4(C/C=C/C[C@H]3C2)CCOCC4)c1. The molecular weight excluding hydrogens is 560 g/mol. The van der Waals surface area contributed by atoms with Gasteiger partial charge >= 0.3 is 0 Å². The molecule has 3 aliphatic heterocycles. The zero-order valence-corrected chi connectivity index (χ0v) is 25.7. The number of nitrogens with one attached hydrogen (secondary N) is 3. The number of piperidine rings is 1. The van der Waals surface area contributed by atoms with Crippen LogP contribution in [-0.2, 0) is 25.5 Å². The van der Waals surface area contributed by atoms with Crippen molar-refractivity contribution in [1.29, 1.82) is 0 Å². The molecule has 0 aliphatic carbocycles. The molecule has 0 aromatic heterocycles. The molecule has 2 saturated heterocycles. The summed E-state index contributed by atoms with van der Waals surface area (Å²) in [6.07, 6.45) is 7.97. The van der Waals surface area contributed by atoms with Crippen molar-refractivity contribution in [3.05, 3.63) is 66.2 Å². The zero-order valence-electron chi connectivity index (χ0n) is 25.7. The predicted molar refractivity (Wildman–Crippen MR) is 168 cm³/mol. The topological polar surface area (TPSA) is 118 Å². The van der Waals surface area contributed by atoms with Gasteiger partial charge in [-0.2, -0.15) is 0 Å². The van der Waals surface area contributed by atoms with Gasteiger partial charge in [0, 0.05) is 44.8 Å². The number of rotatable bonds is 7. The maximum Gasteiger partial charge on any atom is 0.243 e. The molecule has 10 nitrogen and oxygen atoms in total. The first-order valence-electron chi connectivity index (χ1n) is 15.5. The summed E-state index contributed by atoms with van der Waals surface area (Å²) < 4.78 is 16.3. The Morgan fingerprint density at radius 3 is 2.59 bits per heavy atom. The van der Waals surface area contributed by atoms with E-state index < -0.39 is 11.5 Å². The molecular formula is C34H44N4O6. The van der Waals surface area contributed by atoms with Gasteiger partial charge in [0.2, 0.25) is 17.7 Å². The van der Waals surface area contributed by atoms with Crippen molar-refractivity contribution in [2.45, 2.75) is 50.6 Å². The van der Waals surface area contributed by atoms with Crippen molar-refractivity contribution in [2.75, 3.05) is 52.4 Å². The molecule has 3 N–H and O–H groups in total. The van der Waals surface area contributed by atoms with Crippen LogP contribution in [0, 0.1) is 11.3 Å². The van der Waals surface area contributed by atoms with Gasteiger partial charge in [-0.1, -0.05) is 42.5 Å². The zero-order chi connectivity index (χ0) is 30.9. The molecule has 236 valence electrons. The highest BCUT2D eigenvalue weighted by atomic mass is 16.5. The average molecular weight is 605 g/mol. The number of anilines is 1. The standard InChI is InChI=1S/C34H44N4O6/c1-42-26-11-12-30(43-2)28(21-26)35-31(39)23-38-17-13-27-25(22-38)10-6-7-14-34(15-18-44-19-16-34)33(41)37-29(32(40)36-27)20-24-8-4-3-5-9-24/h3-9,11-12,21,25,27,29H,10,13-20,22-23H2,1-2H3,(H,35,39)(H,36,40)(H,37,41)/b7-6+/t25-,27+,29+/m0/s1. The minimum Gasteiger partial charge on any atom is -0.497 e. The second-order valence-electron chi connectivity index (χ2n) is 12.0. The number of amides is 3. The van der Waals surface area contributed by atoms with Crippen molar-refractivity contribution in [3.63, 3.8) is 0 Å². The molecule has 3 amide bonds. The summed E-state index contributed by atoms with van der Waals surface area (Å²) in [6, 6.07) is 14.3. The van der Waals surface area contributed by atoms with Gasteiger partial charge in [-0.05, 0) is 55.7 Å². The summed E-state index contributed by atoms with van der Waals surface area (Å²) >= 11 is 0. The fraction of sp³-hybridized carbons (Fsp3) is 0.500. The molecule has 3 atom stereocenters. The summed E-state index contributed by atoms with van der Waals surface area (Å²) in [5.74, 6) is 0.912. The fourth-order valence-corrected chi connectivity index (χ4v) is 6.50. The van der Waals surface area contributed by atoms with Crippen LogP contribution in [0.2, 0.25) is 0 Å². The van der Waals surface area contributed by atoms with Crippen molar-refractivity contribution < 1.29 is 28.6 Å². The number of nitrogens with zero attached hydrogens (tertiary/aromatic N) is 1. The third-order valence-corrected chi connectivity index (χ3v) is 9.14. The smallest absolute Gasteiger partial charge is 0.243 e. The van der Waals surface area contributed by atoms with E-state index in [-0.39, 0.29) is 36.2 Å². The first kappa shape index (κ1) is 31.5. The fourth-order valence-electron chi connectivity index (χ4n) is 6.50. The predicted octanol–water partition coefficient (Wildman–Crippen LogP) is 3.32. The Balaban J connectivity index is 1.31. The summed E-state index contributed by atoms with van der Waals surface area (Å²) in [6.45, 7) is 2.59. The third-order valence-electron chi connectivity index (χ3n) is 9.14. The van der Waals surface area contributed by atoms with Crippen LogP contribution >= 0.6 is 0 Å². The van der Waals surface area contributed by atoms with Gasteiger partial charge in [0.05, 0.1) is 31.9 Å². The van der Waals surface area contributed by atoms with Crippen LogP contribution in [0.15, 0.2) is 60.7 Å². The summed E-state index contributed by atoms with van der Waals surface area (Å²) in [4.78, 5) is 42.8. The molecule has 2 aromatic carbocycles. The van der Waals surface area contributed by atoms with Crippen LogP contribution in [-0.4, -0.2) is 81.8 Å². The monoisotopic (exact) mass is 604 g/mol. The van der Waals surface area contributed by atoms with Crippen LogP contribution in [0.5, 0.6) is 11.5 Å². The second-order valence-corrected chi connectivity index (χ2v) is 12.0. The molecule has 2 fully saturated rings. The van der Waals surface area contributed by atoms with Gasteiger partial charge in [0.1, 0.15) is 17.5 Å². The minimum absolute atomic E-state index is 0.0726. The third kappa shape index (κ3) is 7.78. The molecule has 1 spiro atoms. The summed E-state index contributed by atoms with van der Waals surface area (Å²) in [7, 11) is 3.14. The quantitative estimate of drug-likeness (QED) is 0.415. The van der Waals surface area contributed by atoms with Gasteiger partial charge in [-0.15, -0.1) is 0 Å². The Morgan fingerprint density at radius 2 is 1.84 bits per heavy atom. The number of likely N-dealkylation sites (tertiary alicyclic amines) is 1. The van der Waals surface area contributed by atoms with Gasteiger partial charge < -0.3 is 30.2 Å². The van der Waals surface area contributed by atoms with Gasteiger partial charge in [-0.25, -0.2) is 0 Å². The van der Waals surface area contributed by atoms with Crippen LogP contribution in [0.1, 0.15) is 37.7 Å². The maximum atomic E-state index is 13.8. The first-order valence-corrected chi connectivity index (χ1v) is 15.5. The number of allylic oxidation sites excluding steroid dienone is 2. The van der Waals surface area contributed by atoms with E-state index in [1.54, 1.807) is 32.4 Å². The Labute approximate surface area is 259 Å². The number of carbonyl (C=O) groups is 3. The molecule has 0 unspecified atom stereocenters. The lowest BCUT2D eigenvalue weighted by Gasteiger charge is -2.40. The van der Waals surface area contributed by atoms with Gasteiger partial charge in [0.15, 0.2) is 0 Å². The Morgan fingerprint density at radius 1 is 1.05 bits per heavy atom. The number of benzene rings is 2. The number of hydrogen-bond donors (Lipinski definition) is 3. The number of fused-ring (bicyclic) bond motifs is 1. The molecule has 0 bridgehead atoms. The second kappa shape index (κ2) is 14.7. The molecule has 5 rings (SSSR count). The van der Waals surface area contributed by atoms with E-state index in [9.17, 15) is 14.4 Å². The van der Waals surface area contributed by atoms with Crippen molar-refractivity contribution >= 4 is 23.4 Å². The molecule has 0 saturated carbocycles. The highest BCUT2D eigenvalue weighted by Crippen LogP contribution is 2.36. The average Bonchev–Trinajstić information content (AvgIpc) is 3.04. The van der Waals surface area contributed by atoms with Crippen LogP contribution in [0.4, 0.5) is 5.69 Å². The lowest BCUT2D eigenvalue weighted by Crippen LogP contribution is -2.58. The van der Waals surface area contributed by atoms with Crippen LogP contribution in [0.3, 0.4) is 0 Å². The molecule has 0 radical (unpaired) electrons. The minimum atomic E-state index is -0.685. The number of carbonyl (C=O) groups excluding carboxylic acids is 3. The summed E-state index contributed by atoms with van der Waals surface area (Å²) in [5.41, 5.74) is 0.952. The van der Waals surface area contributed by atoms with Crippen molar-refractivity contribution in [3.8, 4) is 11.5 Å². The van der Waals surface area contributed by atoms with Crippen molar-refractivity contribution in [2.24, 2.45) is 11.3 Å². The first-order chi connectivity index (χ1) is 21.4. The molecule has 2 aromatic rings. The Bertz CT molecular complexity index is 1330. The van der Waals surface area contributed by atoms with E-state index in [1.807, 2.05) is 30.3 Å². The van der Waals surface area contributed by atoms with E-state index in [4.69, 9.17) is 14.2 Å². The Hall–Kier alpha value is -3.89. The highest BCUT2D eigenvalue weighted by Gasteiger charge is 2.41. The van der Waals surface area contributed by atoms with E-state index in [1.165, 1.54) is 0 Å². The van der Waals surface area contributed by atoms with Crippen molar-refractivity contribution in [1.82, 2.24) is 15.5 Å². The lowest BCUT2D eigenvalue weighted by atomic mass is 9.75. The highest BCUT2D eigenvalue weighted by molar-refractivity contribution is 5.94. The van der Waals surface area contributed by atoms with E-state index in [2.05, 4.69) is 33.0 Å². The molecule has 44 heavy (non-hydrogen) atoms. The van der Waals surface area contributed by atoms with E-state index in [0.717, 1.165) is 12.0 Å². The number of ether oxygens (including phenoxy) is 3. The normalized spacial score (nSPS) is 24.9. The lowest BCUT2D eigenvalue weighted by molar-refractivity contribution is -0.140. The van der Waals surface area contributed by atoms with Gasteiger partial charge in [0.25, 0.3) is 0 Å². The van der Waals surface area contributed by atoms with Crippen LogP contribution < -0.4 is 25.4 Å². The Kier molecular flexibility index (Phi) is 10.6. The molecule has 3 heterocycles. The number of hydrogen-bond acceptors (Lipinski definition) is 7. The van der Waals surface area contributed by atoms with E-state index in [0.29, 0.717) is 75.6 Å². The molecule has 3 aliphatic rings. The van der Waals surface area contributed by atoms with Gasteiger partial charge in [-0.3, -0.25) is 19.3 Å².